The predicted molar refractivity (Wildman–Crippen MR) is 77.2 cm³/mol. The molecule has 1 unspecified atom stereocenters. The molecular formula is C16H20N2O2. The monoisotopic (exact) mass is 272 g/mol. The summed E-state index contributed by atoms with van der Waals surface area (Å²) in [6.07, 6.45) is 4.44. The van der Waals surface area contributed by atoms with Crippen molar-refractivity contribution in [2.24, 2.45) is 5.92 Å². The van der Waals surface area contributed by atoms with Crippen molar-refractivity contribution in [3.05, 3.63) is 29.8 Å². The maximum atomic E-state index is 12.0. The minimum Gasteiger partial charge on any atom is -0.368 e. The van der Waals surface area contributed by atoms with Gasteiger partial charge in [-0.1, -0.05) is 25.0 Å². The van der Waals surface area contributed by atoms with Gasteiger partial charge in [0, 0.05) is 0 Å². The summed E-state index contributed by atoms with van der Waals surface area (Å²) >= 11 is 0. The van der Waals surface area contributed by atoms with Crippen molar-refractivity contribution in [2.45, 2.75) is 38.7 Å². The third-order valence-corrected chi connectivity index (χ3v) is 3.73. The van der Waals surface area contributed by atoms with Crippen molar-refractivity contribution >= 4 is 11.6 Å². The van der Waals surface area contributed by atoms with Gasteiger partial charge in [0.25, 0.3) is 5.91 Å². The van der Waals surface area contributed by atoms with Gasteiger partial charge >= 0.3 is 0 Å². The van der Waals surface area contributed by atoms with Gasteiger partial charge in [0.1, 0.15) is 12.2 Å². The lowest BCUT2D eigenvalue weighted by Crippen LogP contribution is -2.29. The molecular weight excluding hydrogens is 252 g/mol. The number of rotatable bonds is 5. The van der Waals surface area contributed by atoms with E-state index in [4.69, 9.17) is 10.00 Å². The van der Waals surface area contributed by atoms with Crippen molar-refractivity contribution in [1.29, 1.82) is 5.26 Å². The van der Waals surface area contributed by atoms with Gasteiger partial charge in [-0.2, -0.15) is 5.26 Å². The Morgan fingerprint density at radius 3 is 2.85 bits per heavy atom. The summed E-state index contributed by atoms with van der Waals surface area (Å²) in [6.45, 7) is 2.40. The number of nitrogens with one attached hydrogen (secondary N) is 1. The molecule has 1 amide bonds. The predicted octanol–water partition coefficient (Wildman–Crippen LogP) is 3.09. The summed E-state index contributed by atoms with van der Waals surface area (Å²) in [7, 11) is 0. The minimum absolute atomic E-state index is 0.203. The highest BCUT2D eigenvalue weighted by atomic mass is 16.5. The summed E-state index contributed by atoms with van der Waals surface area (Å²) in [5, 5.41) is 11.7. The first-order valence-corrected chi connectivity index (χ1v) is 7.12. The number of para-hydroxylation sites is 1. The van der Waals surface area contributed by atoms with Crippen LogP contribution in [0.3, 0.4) is 0 Å². The van der Waals surface area contributed by atoms with Crippen LogP contribution in [0.15, 0.2) is 24.3 Å². The molecule has 0 bridgehead atoms. The highest BCUT2D eigenvalue weighted by molar-refractivity contribution is 5.95. The van der Waals surface area contributed by atoms with E-state index in [2.05, 4.69) is 11.4 Å². The van der Waals surface area contributed by atoms with Crippen LogP contribution in [0, 0.1) is 17.2 Å². The molecule has 20 heavy (non-hydrogen) atoms. The van der Waals surface area contributed by atoms with Gasteiger partial charge in [-0.25, -0.2) is 0 Å². The number of ether oxygens (including phenoxy) is 1. The Bertz CT molecular complexity index is 501. The Kier molecular flexibility index (Phi) is 5.14. The smallest absolute Gasteiger partial charge is 0.253 e. The van der Waals surface area contributed by atoms with E-state index >= 15 is 0 Å². The summed E-state index contributed by atoms with van der Waals surface area (Å²) < 4.78 is 5.64. The zero-order chi connectivity index (χ0) is 14.4. The number of carbonyl (C=O) groups is 1. The molecule has 0 saturated heterocycles. The van der Waals surface area contributed by atoms with Crippen LogP contribution in [0.4, 0.5) is 5.69 Å². The molecule has 4 heteroatoms. The average Bonchev–Trinajstić information content (AvgIpc) is 2.98. The molecule has 1 fully saturated rings. The number of nitrogens with zero attached hydrogens (tertiary/aromatic N) is 1. The van der Waals surface area contributed by atoms with E-state index in [1.165, 1.54) is 25.7 Å². The Morgan fingerprint density at radius 1 is 1.45 bits per heavy atom. The summed E-state index contributed by atoms with van der Waals surface area (Å²) in [5.41, 5.74) is 1.00. The largest absolute Gasteiger partial charge is 0.368 e. The molecule has 1 N–H and O–H groups in total. The Hall–Kier alpha value is -1.86. The summed E-state index contributed by atoms with van der Waals surface area (Å²) in [6, 6.07) is 9.03. The van der Waals surface area contributed by atoms with E-state index in [0.717, 1.165) is 0 Å². The first-order chi connectivity index (χ1) is 9.70. The van der Waals surface area contributed by atoms with Gasteiger partial charge in [0.2, 0.25) is 0 Å². The molecule has 1 aliphatic rings. The van der Waals surface area contributed by atoms with Crippen molar-refractivity contribution in [3.8, 4) is 6.07 Å². The first kappa shape index (κ1) is 14.5. The summed E-state index contributed by atoms with van der Waals surface area (Å²) in [5.74, 6) is 0.391. The molecule has 0 aromatic heterocycles. The molecule has 1 atom stereocenters. The van der Waals surface area contributed by atoms with E-state index in [9.17, 15) is 4.79 Å². The first-order valence-electron chi connectivity index (χ1n) is 7.12. The highest BCUT2D eigenvalue weighted by Gasteiger charge is 2.19. The Labute approximate surface area is 119 Å². The lowest BCUT2D eigenvalue weighted by Gasteiger charge is -2.16. The molecule has 2 rings (SSSR count). The molecule has 1 aromatic rings. The average molecular weight is 272 g/mol. The van der Waals surface area contributed by atoms with Crippen molar-refractivity contribution in [2.75, 3.05) is 11.9 Å². The fourth-order valence-corrected chi connectivity index (χ4v) is 2.46. The number of amides is 1. The van der Waals surface area contributed by atoms with Crippen LogP contribution in [0.25, 0.3) is 0 Å². The molecule has 106 valence electrons. The quantitative estimate of drug-likeness (QED) is 0.896. The van der Waals surface area contributed by atoms with E-state index < -0.39 is 6.10 Å². The molecule has 0 aliphatic heterocycles. The standard InChI is InChI=1S/C16H20N2O2/c1-12(20-11-13-6-2-3-7-13)16(19)18-15-9-5-4-8-14(15)10-17/h4-5,8-9,12-13H,2-3,6-7,11H2,1H3,(H,18,19). The van der Waals surface area contributed by atoms with Crippen LogP contribution >= 0.6 is 0 Å². The van der Waals surface area contributed by atoms with Crippen molar-refractivity contribution < 1.29 is 9.53 Å². The van der Waals surface area contributed by atoms with Crippen LogP contribution < -0.4 is 5.32 Å². The van der Waals surface area contributed by atoms with Gasteiger partial charge < -0.3 is 10.1 Å². The summed E-state index contributed by atoms with van der Waals surface area (Å²) in [4.78, 5) is 12.0. The van der Waals surface area contributed by atoms with Gasteiger partial charge in [0.05, 0.1) is 17.9 Å². The number of anilines is 1. The van der Waals surface area contributed by atoms with E-state index in [-0.39, 0.29) is 5.91 Å². The third-order valence-electron chi connectivity index (χ3n) is 3.73. The fourth-order valence-electron chi connectivity index (χ4n) is 2.46. The molecule has 0 heterocycles. The van der Waals surface area contributed by atoms with Gasteiger partial charge in [-0.15, -0.1) is 0 Å². The molecule has 0 radical (unpaired) electrons. The zero-order valence-corrected chi connectivity index (χ0v) is 11.8. The van der Waals surface area contributed by atoms with E-state index in [1.807, 2.05) is 0 Å². The highest BCUT2D eigenvalue weighted by Crippen LogP contribution is 2.25. The zero-order valence-electron chi connectivity index (χ0n) is 11.8. The number of nitriles is 1. The fraction of sp³-hybridized carbons (Fsp3) is 0.500. The molecule has 4 nitrogen and oxygen atoms in total. The second-order valence-electron chi connectivity index (χ2n) is 5.27. The number of carbonyl (C=O) groups excluding carboxylic acids is 1. The minimum atomic E-state index is -0.498. The van der Waals surface area contributed by atoms with Crippen LogP contribution in [0.1, 0.15) is 38.2 Å². The SMILES string of the molecule is CC(OCC1CCCC1)C(=O)Nc1ccccc1C#N. The van der Waals surface area contributed by atoms with Gasteiger partial charge in [-0.05, 0) is 37.8 Å². The maximum absolute atomic E-state index is 12.0. The Balaban J connectivity index is 1.85. The molecule has 1 saturated carbocycles. The van der Waals surface area contributed by atoms with Crippen LogP contribution in [-0.2, 0) is 9.53 Å². The lowest BCUT2D eigenvalue weighted by atomic mass is 10.1. The van der Waals surface area contributed by atoms with Crippen LogP contribution in [-0.4, -0.2) is 18.6 Å². The number of benzene rings is 1. The van der Waals surface area contributed by atoms with Crippen molar-refractivity contribution in [1.82, 2.24) is 0 Å². The van der Waals surface area contributed by atoms with E-state index in [0.29, 0.717) is 23.8 Å². The molecule has 1 aliphatic carbocycles. The lowest BCUT2D eigenvalue weighted by molar-refractivity contribution is -0.127. The normalized spacial score (nSPS) is 16.6. The van der Waals surface area contributed by atoms with Crippen molar-refractivity contribution in [3.63, 3.8) is 0 Å². The van der Waals surface area contributed by atoms with Crippen LogP contribution in [0.5, 0.6) is 0 Å². The second kappa shape index (κ2) is 7.06. The second-order valence-corrected chi connectivity index (χ2v) is 5.27. The topological polar surface area (TPSA) is 62.1 Å². The van der Waals surface area contributed by atoms with Gasteiger partial charge in [0.15, 0.2) is 0 Å². The number of hydrogen-bond donors (Lipinski definition) is 1. The number of hydrogen-bond acceptors (Lipinski definition) is 3. The van der Waals surface area contributed by atoms with Gasteiger partial charge in [-0.3, -0.25) is 4.79 Å². The Morgan fingerprint density at radius 2 is 2.15 bits per heavy atom. The van der Waals surface area contributed by atoms with Crippen LogP contribution in [0.2, 0.25) is 0 Å². The molecule has 1 aromatic carbocycles. The van der Waals surface area contributed by atoms with E-state index in [1.54, 1.807) is 31.2 Å². The maximum Gasteiger partial charge on any atom is 0.253 e. The third kappa shape index (κ3) is 3.82. The molecule has 0 spiro atoms.